The number of carboxylic acid groups (broad SMARTS) is 1. The molecule has 1 aromatic rings. The molecule has 0 aliphatic carbocycles. The summed E-state index contributed by atoms with van der Waals surface area (Å²) < 4.78 is 0. The van der Waals surface area contributed by atoms with Gasteiger partial charge in [0.25, 0.3) is 0 Å². The summed E-state index contributed by atoms with van der Waals surface area (Å²) in [6.07, 6.45) is 0.913. The van der Waals surface area contributed by atoms with E-state index in [0.717, 1.165) is 13.0 Å². The Morgan fingerprint density at radius 1 is 1.71 bits per heavy atom. The molecule has 1 unspecified atom stereocenters. The summed E-state index contributed by atoms with van der Waals surface area (Å²) in [5.41, 5.74) is 6.59. The highest BCUT2D eigenvalue weighted by atomic mass is 32.1. The first-order valence-corrected chi connectivity index (χ1v) is 5.34. The van der Waals surface area contributed by atoms with E-state index >= 15 is 0 Å². The molecule has 4 N–H and O–H groups in total. The fourth-order valence-electron chi connectivity index (χ4n) is 1.01. The third-order valence-electron chi connectivity index (χ3n) is 1.85. The molecule has 0 aliphatic rings. The van der Waals surface area contributed by atoms with Crippen LogP contribution in [0.5, 0.6) is 0 Å². The molecule has 0 fully saturated rings. The summed E-state index contributed by atoms with van der Waals surface area (Å²) in [6.45, 7) is 1.08. The van der Waals surface area contributed by atoms with E-state index in [2.05, 4.69) is 16.8 Å². The van der Waals surface area contributed by atoms with E-state index in [-0.39, 0.29) is 0 Å². The summed E-state index contributed by atoms with van der Waals surface area (Å²) in [5.74, 6) is -0.965. The lowest BCUT2D eigenvalue weighted by molar-refractivity contribution is -0.138. The summed E-state index contributed by atoms with van der Waals surface area (Å²) >= 11 is 1.66. The van der Waals surface area contributed by atoms with Crippen LogP contribution < -0.4 is 11.1 Å². The van der Waals surface area contributed by atoms with E-state index in [0.29, 0.717) is 6.54 Å². The van der Waals surface area contributed by atoms with Crippen molar-refractivity contribution in [3.05, 3.63) is 22.4 Å². The predicted molar refractivity (Wildman–Crippen MR) is 56.5 cm³/mol. The van der Waals surface area contributed by atoms with Gasteiger partial charge in [-0.2, -0.15) is 11.3 Å². The Balaban J connectivity index is 2.08. The summed E-state index contributed by atoms with van der Waals surface area (Å²) in [5, 5.41) is 15.6. The topological polar surface area (TPSA) is 75.3 Å². The van der Waals surface area contributed by atoms with Gasteiger partial charge in [0.1, 0.15) is 6.04 Å². The van der Waals surface area contributed by atoms with Crippen LogP contribution >= 0.6 is 11.3 Å². The van der Waals surface area contributed by atoms with E-state index in [1.54, 1.807) is 11.3 Å². The molecule has 0 saturated heterocycles. The molecular formula is C9H14N2O2S. The number of nitrogens with one attached hydrogen (secondary N) is 1. The third kappa shape index (κ3) is 3.87. The van der Waals surface area contributed by atoms with E-state index < -0.39 is 12.0 Å². The van der Waals surface area contributed by atoms with Crippen LogP contribution in [0.3, 0.4) is 0 Å². The van der Waals surface area contributed by atoms with Crippen molar-refractivity contribution in [2.45, 2.75) is 12.5 Å². The molecule has 5 heteroatoms. The molecule has 1 rings (SSSR count). The van der Waals surface area contributed by atoms with Gasteiger partial charge < -0.3 is 16.2 Å². The van der Waals surface area contributed by atoms with Gasteiger partial charge in [0, 0.05) is 6.54 Å². The Bertz CT molecular complexity index is 274. The van der Waals surface area contributed by atoms with Gasteiger partial charge in [-0.15, -0.1) is 0 Å². The minimum Gasteiger partial charge on any atom is -0.480 e. The highest BCUT2D eigenvalue weighted by Gasteiger charge is 2.09. The minimum atomic E-state index is -0.965. The van der Waals surface area contributed by atoms with E-state index in [1.165, 1.54) is 5.56 Å². The van der Waals surface area contributed by atoms with Gasteiger partial charge >= 0.3 is 5.97 Å². The number of hydrogen-bond donors (Lipinski definition) is 3. The van der Waals surface area contributed by atoms with E-state index in [1.807, 2.05) is 5.38 Å². The fraction of sp³-hybridized carbons (Fsp3) is 0.444. The van der Waals surface area contributed by atoms with E-state index in [4.69, 9.17) is 10.8 Å². The molecule has 0 spiro atoms. The second-order valence-corrected chi connectivity index (χ2v) is 3.81. The number of hydrogen-bond acceptors (Lipinski definition) is 4. The zero-order chi connectivity index (χ0) is 10.4. The van der Waals surface area contributed by atoms with Crippen molar-refractivity contribution in [2.75, 3.05) is 13.1 Å². The van der Waals surface area contributed by atoms with Crippen molar-refractivity contribution in [1.29, 1.82) is 0 Å². The number of thiophene rings is 1. The monoisotopic (exact) mass is 214 g/mol. The van der Waals surface area contributed by atoms with Gasteiger partial charge in [-0.05, 0) is 35.4 Å². The SMILES string of the molecule is NC(CNCCc1ccsc1)C(=O)O. The first-order valence-electron chi connectivity index (χ1n) is 4.40. The fourth-order valence-corrected chi connectivity index (χ4v) is 1.72. The molecule has 0 aliphatic heterocycles. The number of nitrogens with two attached hydrogens (primary N) is 1. The Morgan fingerprint density at radius 2 is 2.50 bits per heavy atom. The van der Waals surface area contributed by atoms with Gasteiger partial charge in [-0.3, -0.25) is 4.79 Å². The van der Waals surface area contributed by atoms with Gasteiger partial charge in [0.2, 0.25) is 0 Å². The molecule has 0 bridgehead atoms. The molecule has 1 atom stereocenters. The van der Waals surface area contributed by atoms with Crippen LogP contribution in [0.2, 0.25) is 0 Å². The lowest BCUT2D eigenvalue weighted by Crippen LogP contribution is -2.40. The maximum absolute atomic E-state index is 10.4. The number of aliphatic carboxylic acids is 1. The average Bonchev–Trinajstić information content (AvgIpc) is 2.64. The summed E-state index contributed by atoms with van der Waals surface area (Å²) in [4.78, 5) is 10.4. The van der Waals surface area contributed by atoms with Crippen LogP contribution in [0.1, 0.15) is 5.56 Å². The highest BCUT2D eigenvalue weighted by molar-refractivity contribution is 7.07. The van der Waals surface area contributed by atoms with Crippen molar-refractivity contribution < 1.29 is 9.90 Å². The maximum Gasteiger partial charge on any atom is 0.321 e. The Hall–Kier alpha value is -0.910. The van der Waals surface area contributed by atoms with E-state index in [9.17, 15) is 4.79 Å². The molecule has 0 radical (unpaired) electrons. The number of carboxylic acids is 1. The Labute approximate surface area is 86.7 Å². The lowest BCUT2D eigenvalue weighted by atomic mass is 10.2. The van der Waals surface area contributed by atoms with Crippen LogP contribution in [-0.2, 0) is 11.2 Å². The molecule has 1 heterocycles. The van der Waals surface area contributed by atoms with Crippen LogP contribution in [0, 0.1) is 0 Å². The lowest BCUT2D eigenvalue weighted by Gasteiger charge is -2.07. The molecule has 78 valence electrons. The van der Waals surface area contributed by atoms with Gasteiger partial charge in [-0.1, -0.05) is 0 Å². The van der Waals surface area contributed by atoms with Crippen LogP contribution in [0.25, 0.3) is 0 Å². The standard InChI is InChI=1S/C9H14N2O2S/c10-8(9(12)13)5-11-3-1-7-2-4-14-6-7/h2,4,6,8,11H,1,3,5,10H2,(H,12,13). The molecular weight excluding hydrogens is 200 g/mol. The average molecular weight is 214 g/mol. The Kier molecular flexibility index (Phi) is 4.58. The molecule has 0 amide bonds. The van der Waals surface area contributed by atoms with Crippen LogP contribution in [0.15, 0.2) is 16.8 Å². The van der Waals surface area contributed by atoms with Gasteiger partial charge in [0.05, 0.1) is 0 Å². The zero-order valence-electron chi connectivity index (χ0n) is 7.77. The quantitative estimate of drug-likeness (QED) is 0.595. The van der Waals surface area contributed by atoms with Crippen LogP contribution in [-0.4, -0.2) is 30.2 Å². The number of rotatable bonds is 6. The normalized spacial score (nSPS) is 12.6. The second-order valence-electron chi connectivity index (χ2n) is 3.03. The third-order valence-corrected chi connectivity index (χ3v) is 2.58. The molecule has 4 nitrogen and oxygen atoms in total. The van der Waals surface area contributed by atoms with Gasteiger partial charge in [-0.25, -0.2) is 0 Å². The largest absolute Gasteiger partial charge is 0.480 e. The number of carbonyl (C=O) groups is 1. The van der Waals surface area contributed by atoms with Crippen molar-refractivity contribution in [2.24, 2.45) is 5.73 Å². The first kappa shape index (κ1) is 11.2. The van der Waals surface area contributed by atoms with Crippen molar-refractivity contribution in [3.8, 4) is 0 Å². The smallest absolute Gasteiger partial charge is 0.321 e. The van der Waals surface area contributed by atoms with Crippen molar-refractivity contribution >= 4 is 17.3 Å². The minimum absolute atomic E-state index is 0.319. The first-order chi connectivity index (χ1) is 6.70. The molecule has 1 aromatic heterocycles. The zero-order valence-corrected chi connectivity index (χ0v) is 8.59. The molecule has 0 saturated carbocycles. The van der Waals surface area contributed by atoms with Gasteiger partial charge in [0.15, 0.2) is 0 Å². The summed E-state index contributed by atoms with van der Waals surface area (Å²) in [6, 6.07) is 1.25. The molecule has 14 heavy (non-hydrogen) atoms. The van der Waals surface area contributed by atoms with Crippen molar-refractivity contribution in [1.82, 2.24) is 5.32 Å². The van der Waals surface area contributed by atoms with Crippen LogP contribution in [0.4, 0.5) is 0 Å². The summed E-state index contributed by atoms with van der Waals surface area (Å²) in [7, 11) is 0. The maximum atomic E-state index is 10.4. The van der Waals surface area contributed by atoms with Crippen molar-refractivity contribution in [3.63, 3.8) is 0 Å². The second kappa shape index (κ2) is 5.74. The Morgan fingerprint density at radius 3 is 3.07 bits per heavy atom. The molecule has 0 aromatic carbocycles. The highest BCUT2D eigenvalue weighted by Crippen LogP contribution is 2.05. The predicted octanol–water partition coefficient (Wildman–Crippen LogP) is 0.292.